The highest BCUT2D eigenvalue weighted by Crippen LogP contribution is 2.44. The van der Waals surface area contributed by atoms with Gasteiger partial charge in [-0.25, -0.2) is 0 Å². The smallest absolute Gasteiger partial charge is 0.282 e. The maximum Gasteiger partial charge on any atom is 0.282 e. The van der Waals surface area contributed by atoms with Crippen LogP contribution in [0.4, 0.5) is 0 Å². The lowest BCUT2D eigenvalue weighted by atomic mass is 9.81. The van der Waals surface area contributed by atoms with Crippen LogP contribution in [0.25, 0.3) is 16.6 Å². The van der Waals surface area contributed by atoms with E-state index in [1.165, 1.54) is 36.8 Å². The van der Waals surface area contributed by atoms with E-state index in [1.54, 1.807) is 6.07 Å². The second-order valence-corrected chi connectivity index (χ2v) is 9.98. The van der Waals surface area contributed by atoms with Gasteiger partial charge in [0.1, 0.15) is 5.82 Å². The van der Waals surface area contributed by atoms with Crippen molar-refractivity contribution in [3.05, 3.63) is 68.7 Å². The molecule has 0 radical (unpaired) electrons. The summed E-state index contributed by atoms with van der Waals surface area (Å²) in [6.07, 6.45) is 4.84. The topological polar surface area (TPSA) is 34.9 Å². The van der Waals surface area contributed by atoms with E-state index in [0.717, 1.165) is 17.0 Å². The van der Waals surface area contributed by atoms with Crippen LogP contribution in [0.1, 0.15) is 83.2 Å². The molecule has 1 atom stereocenters. The number of halogens is 1. The van der Waals surface area contributed by atoms with Crippen LogP contribution in [-0.2, 0) is 5.41 Å². The van der Waals surface area contributed by atoms with Gasteiger partial charge in [-0.05, 0) is 67.9 Å². The van der Waals surface area contributed by atoms with Crippen molar-refractivity contribution < 1.29 is 0 Å². The number of aromatic nitrogens is 2. The van der Waals surface area contributed by atoms with Crippen LogP contribution < -0.4 is 5.56 Å². The SMILES string of the molecule is CCCC(CCC(C)C)c1ccc2c(c1)C(C)(C)c1nc(=O)c3c(Cl)cccc3n1-2. The van der Waals surface area contributed by atoms with Crippen LogP contribution in [0.15, 0.2) is 41.2 Å². The fourth-order valence-corrected chi connectivity index (χ4v) is 5.12. The molecule has 4 heteroatoms. The Morgan fingerprint density at radius 3 is 2.57 bits per heavy atom. The Morgan fingerprint density at radius 1 is 1.10 bits per heavy atom. The average molecular weight is 423 g/mol. The zero-order valence-electron chi connectivity index (χ0n) is 18.6. The molecule has 0 fully saturated rings. The van der Waals surface area contributed by atoms with Gasteiger partial charge in [0.25, 0.3) is 5.56 Å². The van der Waals surface area contributed by atoms with Gasteiger partial charge in [-0.2, -0.15) is 4.98 Å². The largest absolute Gasteiger partial charge is 0.296 e. The minimum Gasteiger partial charge on any atom is -0.296 e. The first kappa shape index (κ1) is 21.1. The first-order valence-corrected chi connectivity index (χ1v) is 11.5. The van der Waals surface area contributed by atoms with Gasteiger partial charge in [0.2, 0.25) is 0 Å². The maximum atomic E-state index is 12.8. The third kappa shape index (κ3) is 3.37. The van der Waals surface area contributed by atoms with E-state index in [9.17, 15) is 4.79 Å². The summed E-state index contributed by atoms with van der Waals surface area (Å²) in [7, 11) is 0. The van der Waals surface area contributed by atoms with Crippen molar-refractivity contribution in [1.82, 2.24) is 9.55 Å². The van der Waals surface area contributed by atoms with Gasteiger partial charge in [0, 0.05) is 0 Å². The van der Waals surface area contributed by atoms with Gasteiger partial charge in [-0.15, -0.1) is 0 Å². The lowest BCUT2D eigenvalue weighted by Gasteiger charge is -2.22. The molecule has 1 unspecified atom stereocenters. The molecule has 2 aromatic carbocycles. The van der Waals surface area contributed by atoms with Crippen molar-refractivity contribution >= 4 is 22.5 Å². The Hall–Kier alpha value is -2.13. The number of nitrogens with zero attached hydrogens (tertiary/aromatic N) is 2. The van der Waals surface area contributed by atoms with E-state index in [4.69, 9.17) is 11.6 Å². The molecular formula is C26H31ClN2O. The maximum absolute atomic E-state index is 12.8. The van der Waals surface area contributed by atoms with E-state index >= 15 is 0 Å². The number of hydrogen-bond donors (Lipinski definition) is 0. The molecule has 3 aromatic rings. The fourth-order valence-electron chi connectivity index (χ4n) is 4.87. The van der Waals surface area contributed by atoms with Crippen molar-refractivity contribution in [2.24, 2.45) is 5.92 Å². The summed E-state index contributed by atoms with van der Waals surface area (Å²) in [4.78, 5) is 17.3. The minimum absolute atomic E-state index is 0.247. The molecule has 3 nitrogen and oxygen atoms in total. The van der Waals surface area contributed by atoms with E-state index in [-0.39, 0.29) is 11.0 Å². The van der Waals surface area contributed by atoms with Crippen LogP contribution in [0, 0.1) is 5.92 Å². The minimum atomic E-state index is -0.337. The van der Waals surface area contributed by atoms with Gasteiger partial charge in [0.15, 0.2) is 0 Å². The van der Waals surface area contributed by atoms with Gasteiger partial charge in [0.05, 0.1) is 27.0 Å². The van der Waals surface area contributed by atoms with E-state index in [1.807, 2.05) is 12.1 Å². The molecule has 0 saturated heterocycles. The van der Waals surface area contributed by atoms with E-state index in [0.29, 0.717) is 22.2 Å². The molecule has 158 valence electrons. The van der Waals surface area contributed by atoms with Crippen molar-refractivity contribution in [2.45, 2.75) is 71.6 Å². The Bertz CT molecular complexity index is 1160. The molecule has 0 saturated carbocycles. The molecule has 0 amide bonds. The molecule has 1 aliphatic rings. The monoisotopic (exact) mass is 422 g/mol. The summed E-state index contributed by atoms with van der Waals surface area (Å²) in [5.74, 6) is 2.08. The first-order valence-electron chi connectivity index (χ1n) is 11.1. The molecular weight excluding hydrogens is 392 g/mol. The van der Waals surface area contributed by atoms with Crippen molar-refractivity contribution in [1.29, 1.82) is 0 Å². The Kier molecular flexibility index (Phi) is 5.52. The van der Waals surface area contributed by atoms with Crippen molar-refractivity contribution in [3.8, 4) is 5.69 Å². The number of rotatable bonds is 6. The summed E-state index contributed by atoms with van der Waals surface area (Å²) in [6, 6.07) is 12.5. The van der Waals surface area contributed by atoms with Gasteiger partial charge >= 0.3 is 0 Å². The number of fused-ring (bicyclic) bond motifs is 5. The zero-order chi connectivity index (χ0) is 21.6. The molecule has 2 heterocycles. The van der Waals surface area contributed by atoms with Crippen LogP contribution in [-0.4, -0.2) is 9.55 Å². The Labute approximate surface area is 184 Å². The van der Waals surface area contributed by atoms with Gasteiger partial charge in [-0.1, -0.05) is 63.4 Å². The Morgan fingerprint density at radius 2 is 1.87 bits per heavy atom. The molecule has 1 aliphatic heterocycles. The predicted octanol–water partition coefficient (Wildman–Crippen LogP) is 7.00. The fraction of sp³-hybridized carbons (Fsp3) is 0.462. The summed E-state index contributed by atoms with van der Waals surface area (Å²) >= 11 is 6.37. The zero-order valence-corrected chi connectivity index (χ0v) is 19.4. The highest BCUT2D eigenvalue weighted by molar-refractivity contribution is 6.35. The quantitative estimate of drug-likeness (QED) is 0.428. The number of benzene rings is 2. The lowest BCUT2D eigenvalue weighted by molar-refractivity contribution is 0.477. The van der Waals surface area contributed by atoms with E-state index in [2.05, 4.69) is 62.4 Å². The van der Waals surface area contributed by atoms with Gasteiger partial charge < -0.3 is 0 Å². The predicted molar refractivity (Wildman–Crippen MR) is 126 cm³/mol. The Balaban J connectivity index is 1.89. The summed E-state index contributed by atoms with van der Waals surface area (Å²) in [5, 5.41) is 0.955. The first-order chi connectivity index (χ1) is 14.3. The standard InChI is InChI=1S/C26H31ClN2O/c1-6-8-17(12-11-16(2)3)18-13-14-21-19(15-18)26(4,5)25-28-24(30)23-20(27)9-7-10-22(23)29(21)25/h7,9-10,13-17H,6,8,11-12H2,1-5H3. The third-order valence-electron chi connectivity index (χ3n) is 6.56. The molecule has 0 N–H and O–H groups in total. The van der Waals surface area contributed by atoms with Crippen molar-refractivity contribution in [3.63, 3.8) is 0 Å². The molecule has 0 bridgehead atoms. The summed E-state index contributed by atoms with van der Waals surface area (Å²) < 4.78 is 2.13. The third-order valence-corrected chi connectivity index (χ3v) is 6.88. The van der Waals surface area contributed by atoms with Gasteiger partial charge in [-0.3, -0.25) is 9.36 Å². The molecule has 0 spiro atoms. The average Bonchev–Trinajstić information content (AvgIpc) is 2.92. The summed E-state index contributed by atoms with van der Waals surface area (Å²) in [6.45, 7) is 11.2. The second kappa shape index (κ2) is 7.85. The highest BCUT2D eigenvalue weighted by Gasteiger charge is 2.39. The van der Waals surface area contributed by atoms with Crippen LogP contribution in [0.3, 0.4) is 0 Å². The molecule has 0 aliphatic carbocycles. The number of hydrogen-bond acceptors (Lipinski definition) is 2. The highest BCUT2D eigenvalue weighted by atomic mass is 35.5. The molecule has 1 aromatic heterocycles. The van der Waals surface area contributed by atoms with Crippen LogP contribution in [0.5, 0.6) is 0 Å². The molecule has 30 heavy (non-hydrogen) atoms. The molecule has 4 rings (SSSR count). The van der Waals surface area contributed by atoms with Crippen LogP contribution >= 0.6 is 11.6 Å². The summed E-state index contributed by atoms with van der Waals surface area (Å²) in [5.41, 5.74) is 4.01. The van der Waals surface area contributed by atoms with E-state index < -0.39 is 0 Å². The lowest BCUT2D eigenvalue weighted by Crippen LogP contribution is -2.24. The normalized spacial score (nSPS) is 15.4. The van der Waals surface area contributed by atoms with Crippen LogP contribution in [0.2, 0.25) is 5.02 Å². The second-order valence-electron chi connectivity index (χ2n) is 9.57. The van der Waals surface area contributed by atoms with Crippen molar-refractivity contribution in [2.75, 3.05) is 0 Å².